The van der Waals surface area contributed by atoms with Crippen LogP contribution in [-0.2, 0) is 131 Å². The normalized spacial score (nSPS) is 13.0. The maximum Gasteiger partial charge on any atom is 0.414 e. The molecule has 0 aliphatic rings. The van der Waals surface area contributed by atoms with Crippen molar-refractivity contribution in [2.24, 2.45) is 28.3 Å². The Balaban J connectivity index is 0.0000555. The Morgan fingerprint density at radius 3 is 1.49 bits per heavy atom. The molecule has 45 nitrogen and oxygen atoms in total. The number of aliphatic imine (C=N–C) groups is 1. The number of hydrogen-bond donors (Lipinski definition) is 18. The van der Waals surface area contributed by atoms with Crippen molar-refractivity contribution in [2.75, 3.05) is 184 Å². The molecule has 3 rings (SSSR count). The van der Waals surface area contributed by atoms with Crippen molar-refractivity contribution >= 4 is 96.4 Å². The van der Waals surface area contributed by atoms with Crippen molar-refractivity contribution in [3.05, 3.63) is 90.0 Å². The van der Waals surface area contributed by atoms with Crippen LogP contribution in [0, 0.1) is 11.8 Å². The van der Waals surface area contributed by atoms with Gasteiger partial charge in [0, 0.05) is 64.2 Å². The van der Waals surface area contributed by atoms with Gasteiger partial charge in [-0.2, -0.15) is 0 Å². The predicted molar refractivity (Wildman–Crippen MR) is 452 cm³/mol. The molecule has 0 saturated carbocycles. The Morgan fingerprint density at radius 2 is 0.969 bits per heavy atom. The van der Waals surface area contributed by atoms with E-state index in [9.17, 15) is 91.9 Å². The van der Waals surface area contributed by atoms with Gasteiger partial charge in [0.2, 0.25) is 66.4 Å². The molecule has 0 fully saturated rings. The third kappa shape index (κ3) is 53.5. The number of rotatable bonds is 71. The fraction of sp³-hybridized carbons (Fsp3) is 0.593. The minimum atomic E-state index is -4.04. The second-order valence-corrected chi connectivity index (χ2v) is 31.5. The largest absolute Gasteiger partial charge is 0.508 e. The number of primary amides is 1. The summed E-state index contributed by atoms with van der Waals surface area (Å²) in [6.07, 6.45) is -3.96. The number of hydrogen-bond acceptors (Lipinski definition) is 29. The molecule has 20 N–H and O–H groups in total. The zero-order valence-electron chi connectivity index (χ0n) is 72.7. The van der Waals surface area contributed by atoms with E-state index in [1.807, 2.05) is 54.6 Å². The standard InChI is InChI=1S/C81H124N13O32P.3Fm/c1-54(2)72(77(110)88-49-68(100)91-64(50-95)76(109)92-61(73(82)106)11-8-24-87-79(83)94-80(113)126-81(3,4)59-17-14-57(15-18-59)56-9-6-5-7-10-56)93-75(108)62(47-55-12-19-60(96)20-13-55)89-66(98)22-28-116-32-36-120-39-35-119-31-27-86-74(107)63(90-69(101)51-124-44-42-122-40-41-123-43-45-125-52-71(104)105)48-67(99)85-26-30-118-34-38-121-37-33-117-29-25-84-65(97)23-46-127(114,115)53-58(78(111)112)16-21-70(102)103;;;/h5-7,9-10,12-15,17-20,54,58,61-64,72,95-96H,8,11,16,21-53H2,1-4H3,(H2,82,106)(H,84,97)(H,85,99)(H,86,107)(H,88,110)(H,89,98)(H,90,101)(H,91,100)(H,92,109)(H,93,108)(H,102,103)(H,104,105)(H,111,112)(H,114,115)(H3,83,87,94,113);;;. The first-order chi connectivity index (χ1) is 60.6. The number of aliphatic hydroxyl groups is 1. The summed E-state index contributed by atoms with van der Waals surface area (Å²) in [4.78, 5) is 191. The number of carboxylic acid groups (broad SMARTS) is 3. The summed E-state index contributed by atoms with van der Waals surface area (Å²) in [5, 5.41) is 71.6. The fourth-order valence-corrected chi connectivity index (χ4v) is 12.9. The van der Waals surface area contributed by atoms with Crippen LogP contribution in [0.5, 0.6) is 5.75 Å². The van der Waals surface area contributed by atoms with Crippen LogP contribution in [0.4, 0.5) is 4.79 Å². The van der Waals surface area contributed by atoms with Gasteiger partial charge < -0.3 is 142 Å². The number of phenolic OH excluding ortho intramolecular Hbond substituents is 1. The molecule has 130 heavy (non-hydrogen) atoms. The Bertz CT molecular complexity index is 3970. The van der Waals surface area contributed by atoms with E-state index in [4.69, 9.17) is 73.8 Å². The van der Waals surface area contributed by atoms with Crippen LogP contribution in [0.25, 0.3) is 11.1 Å². The van der Waals surface area contributed by atoms with E-state index in [1.54, 1.807) is 27.7 Å². The van der Waals surface area contributed by atoms with E-state index in [0.717, 1.165) is 11.1 Å². The number of aromatic hydroxyl groups is 1. The fourth-order valence-electron chi connectivity index (χ4n) is 11.2. The molecule has 0 aliphatic carbocycles. The Labute approximate surface area is 734 Å². The molecule has 0 saturated heterocycles. The van der Waals surface area contributed by atoms with Crippen molar-refractivity contribution in [3.8, 4) is 16.9 Å². The van der Waals surface area contributed by atoms with Crippen LogP contribution in [0.15, 0.2) is 83.9 Å². The molecule has 0 spiro atoms. The maximum atomic E-state index is 14.0. The molecule has 0 radical (unpaired) electrons. The minimum absolute atomic E-state index is 0. The zero-order valence-corrected chi connectivity index (χ0v) is 80.8. The van der Waals surface area contributed by atoms with Gasteiger partial charge in [-0.05, 0) is 73.4 Å². The Morgan fingerprint density at radius 1 is 0.477 bits per heavy atom. The number of carbonyl (C=O) groups is 14. The van der Waals surface area contributed by atoms with E-state index in [2.05, 4.69) is 58.2 Å². The Kier molecular flexibility index (Phi) is 59.3. The number of guanidine groups is 1. The van der Waals surface area contributed by atoms with Gasteiger partial charge in [-0.15, -0.1) is 0 Å². The van der Waals surface area contributed by atoms with Gasteiger partial charge >= 0.3 is 24.0 Å². The second kappa shape index (κ2) is 66.5. The van der Waals surface area contributed by atoms with Crippen LogP contribution in [0.2, 0.25) is 0 Å². The van der Waals surface area contributed by atoms with E-state index in [-0.39, 0.29) is 195 Å². The maximum absolute atomic E-state index is 14.0. The molecule has 7 unspecified atom stereocenters. The molecule has 0 heterocycles. The van der Waals surface area contributed by atoms with Gasteiger partial charge in [0.05, 0.1) is 144 Å². The molecule has 3 aromatic carbocycles. The van der Waals surface area contributed by atoms with E-state index in [1.165, 1.54) is 24.3 Å². The summed E-state index contributed by atoms with van der Waals surface area (Å²) in [6, 6.07) is 16.2. The van der Waals surface area contributed by atoms with E-state index < -0.39 is 190 Å². The number of aliphatic carboxylic acids is 3. The molecule has 3 aromatic rings. The number of alkyl carbamates (subject to hydrolysis) is 1. The molecule has 0 bridgehead atoms. The average molecular weight is 2590 g/mol. The number of nitrogens with zero attached hydrogens (tertiary/aromatic N) is 1. The minimum Gasteiger partial charge on any atom is -0.508 e. The van der Waals surface area contributed by atoms with Gasteiger partial charge in [-0.3, -0.25) is 72.4 Å². The van der Waals surface area contributed by atoms with Crippen LogP contribution in [0.1, 0.15) is 83.8 Å². The van der Waals surface area contributed by atoms with Crippen molar-refractivity contribution in [1.29, 1.82) is 0 Å². The second-order valence-electron chi connectivity index (χ2n) is 29.0. The van der Waals surface area contributed by atoms with Crippen molar-refractivity contribution in [2.45, 2.75) is 115 Å². The smallest absolute Gasteiger partial charge is 0.414 e. The summed E-state index contributed by atoms with van der Waals surface area (Å²) in [7, 11) is -4.04. The first-order valence-corrected chi connectivity index (χ1v) is 43.1. The van der Waals surface area contributed by atoms with Crippen LogP contribution < -0.4 is 64.6 Å². The summed E-state index contributed by atoms with van der Waals surface area (Å²) < 4.78 is 72.1. The van der Waals surface area contributed by atoms with E-state index in [0.29, 0.717) is 11.1 Å². The third-order valence-electron chi connectivity index (χ3n) is 17.9. The summed E-state index contributed by atoms with van der Waals surface area (Å²) in [5.41, 5.74) is 13.7. The number of benzene rings is 3. The number of nitrogens with one attached hydrogen (secondary N) is 10. The van der Waals surface area contributed by atoms with Crippen LogP contribution >= 0.6 is 7.37 Å². The number of nitrogens with two attached hydrogens (primary N) is 2. The van der Waals surface area contributed by atoms with Crippen molar-refractivity contribution in [3.63, 3.8) is 0 Å². The number of ether oxygens (including phenoxy) is 11. The summed E-state index contributed by atoms with van der Waals surface area (Å²) >= 11 is 0. The number of aliphatic hydroxyl groups excluding tert-OH is 1. The van der Waals surface area contributed by atoms with E-state index >= 15 is 0 Å². The summed E-state index contributed by atoms with van der Waals surface area (Å²) in [5.74, 6) is -13.8. The molecule has 0 aromatic heterocycles. The molecule has 11 amide bonds. The molecule has 49 heteroatoms. The van der Waals surface area contributed by atoms with Gasteiger partial charge in [-0.25, -0.2) is 9.59 Å². The van der Waals surface area contributed by atoms with Gasteiger partial charge in [0.15, 0.2) is 5.96 Å². The number of amides is 11. The SMILES string of the molecule is CC(C)C(NC(=O)C(Cc1ccc(O)cc1)NC(=O)CCOCCOCCOCCNC(=O)C(CC(=O)NCCOCCOCCOCCNC(=O)CCP(=O)(O)CC(CCC(=O)O)C(=O)O)NC(=O)COCCOCCOCCOCC(=O)O)C(=O)NCC(=O)NC(CO)C(=O)NC(CCCN=C(N)NC(=O)OC(C)(C)c1ccc(-c2ccccc2)cc1)C(N)=O.[Fm].[Fm].[Fm]. The topological polar surface area (TPSA) is 664 Å². The Hall–Kier alpha value is -13.9. The number of carbonyl (C=O) groups excluding carboxylic acids is 11. The van der Waals surface area contributed by atoms with Crippen LogP contribution in [0.3, 0.4) is 0 Å². The molecular weight excluding hydrogens is 2470 g/mol. The first kappa shape index (κ1) is 116. The zero-order chi connectivity index (χ0) is 93.8. The van der Waals surface area contributed by atoms with Gasteiger partial charge in [0.1, 0.15) is 54.8 Å². The molecule has 7 atom stereocenters. The predicted octanol–water partition coefficient (Wildman–Crippen LogP) is -2.36. The van der Waals surface area contributed by atoms with Crippen molar-refractivity contribution < 1.29 is 154 Å². The van der Waals surface area contributed by atoms with Gasteiger partial charge in [0.25, 0.3) is 0 Å². The first-order valence-electron chi connectivity index (χ1n) is 41.0. The molecular formula is C81H124Fm3N13O32P. The van der Waals surface area contributed by atoms with Crippen LogP contribution in [-0.4, -0.2) is 333 Å². The van der Waals surface area contributed by atoms with Crippen molar-refractivity contribution in [1.82, 2.24) is 53.2 Å². The quantitative estimate of drug-likeness (QED) is 0.0122. The monoisotopic (exact) mass is 2590 g/mol. The van der Waals surface area contributed by atoms with Gasteiger partial charge in [-0.1, -0.05) is 80.6 Å². The third-order valence-corrected chi connectivity index (χ3v) is 19.8. The number of carboxylic acids is 3. The molecule has 0 aliphatic heterocycles. The summed E-state index contributed by atoms with van der Waals surface area (Å²) in [6.45, 7) is 5.45. The number of phenols is 1. The average Bonchev–Trinajstić information content (AvgIpc) is 0.819. The molecule has 746 valence electrons.